The number of aromatic amines is 1. The molecule has 9 heteroatoms. The zero-order valence-corrected chi connectivity index (χ0v) is 26.6. The second kappa shape index (κ2) is 13.4. The number of fused-ring (bicyclic) bond motifs is 1. The summed E-state index contributed by atoms with van der Waals surface area (Å²) in [6.45, 7) is 7.25. The molecule has 0 radical (unpaired) electrons. The molecule has 0 aliphatic carbocycles. The average Bonchev–Trinajstić information content (AvgIpc) is 3.64. The third-order valence-corrected chi connectivity index (χ3v) is 8.05. The molecule has 0 spiro atoms. The van der Waals surface area contributed by atoms with Gasteiger partial charge in [-0.1, -0.05) is 48.5 Å². The van der Waals surface area contributed by atoms with Crippen LogP contribution in [-0.2, 0) is 30.3 Å². The topological polar surface area (TPSA) is 132 Å². The highest BCUT2D eigenvalue weighted by Crippen LogP contribution is 2.33. The molecule has 1 aromatic heterocycles. The van der Waals surface area contributed by atoms with E-state index in [0.717, 1.165) is 16.6 Å². The van der Waals surface area contributed by atoms with E-state index in [1.54, 1.807) is 37.8 Å². The Hall–Kier alpha value is -5.23. The van der Waals surface area contributed by atoms with Crippen molar-refractivity contribution in [3.63, 3.8) is 0 Å². The Balaban J connectivity index is 1.36. The molecule has 1 aliphatic rings. The molecule has 0 unspecified atom stereocenters. The number of ketones is 1. The first-order valence-electron chi connectivity index (χ1n) is 15.5. The number of amides is 2. The van der Waals surface area contributed by atoms with Gasteiger partial charge in [0.1, 0.15) is 11.7 Å². The minimum atomic E-state index is -0.760. The number of nitrogens with zero attached hydrogens (tertiary/aromatic N) is 2. The first-order chi connectivity index (χ1) is 21.9. The lowest BCUT2D eigenvalue weighted by Gasteiger charge is -2.29. The molecule has 0 saturated carbocycles. The number of likely N-dealkylation sites (tertiary alicyclic amines) is 1. The number of rotatable bonds is 9. The van der Waals surface area contributed by atoms with Gasteiger partial charge in [-0.05, 0) is 74.6 Å². The first kappa shape index (κ1) is 32.2. The quantitative estimate of drug-likeness (QED) is 0.212. The van der Waals surface area contributed by atoms with Gasteiger partial charge >= 0.3 is 5.97 Å². The van der Waals surface area contributed by atoms with Crippen molar-refractivity contribution in [1.82, 2.24) is 9.88 Å². The third-order valence-electron chi connectivity index (χ3n) is 8.05. The number of anilines is 1. The van der Waals surface area contributed by atoms with Gasteiger partial charge in [0, 0.05) is 36.5 Å². The summed E-state index contributed by atoms with van der Waals surface area (Å²) < 4.78 is 5.54. The van der Waals surface area contributed by atoms with Crippen molar-refractivity contribution in [2.75, 3.05) is 11.9 Å². The van der Waals surface area contributed by atoms with Crippen molar-refractivity contribution >= 4 is 40.2 Å². The Morgan fingerprint density at radius 3 is 2.41 bits per heavy atom. The number of hydrogen-bond acceptors (Lipinski definition) is 6. The molecule has 1 saturated heterocycles. The van der Waals surface area contributed by atoms with Crippen LogP contribution >= 0.6 is 0 Å². The Bertz CT molecular complexity index is 1810. The molecule has 1 aliphatic heterocycles. The molecule has 5 rings (SSSR count). The number of nitrogens with one attached hydrogen (secondary N) is 2. The summed E-state index contributed by atoms with van der Waals surface area (Å²) in [5, 5.41) is 13.5. The number of carbonyl (C=O) groups excluding carboxylic acids is 4. The van der Waals surface area contributed by atoms with Crippen LogP contribution < -0.4 is 5.32 Å². The largest absolute Gasteiger partial charge is 0.460 e. The molecule has 236 valence electrons. The van der Waals surface area contributed by atoms with Gasteiger partial charge in [0.2, 0.25) is 11.8 Å². The highest BCUT2D eigenvalue weighted by molar-refractivity contribution is 5.97. The van der Waals surface area contributed by atoms with Gasteiger partial charge in [-0.15, -0.1) is 0 Å². The van der Waals surface area contributed by atoms with Crippen molar-refractivity contribution in [3.8, 4) is 17.3 Å². The van der Waals surface area contributed by atoms with Crippen LogP contribution in [0.3, 0.4) is 0 Å². The molecule has 2 amide bonds. The molecule has 3 aromatic carbocycles. The summed E-state index contributed by atoms with van der Waals surface area (Å²) in [7, 11) is 0. The number of benzene rings is 3. The number of aromatic nitrogens is 1. The van der Waals surface area contributed by atoms with Gasteiger partial charge in [0.25, 0.3) is 0 Å². The fourth-order valence-electron chi connectivity index (χ4n) is 6.07. The molecule has 9 nitrogen and oxygen atoms in total. The number of esters is 1. The summed E-state index contributed by atoms with van der Waals surface area (Å²) in [6, 6.07) is 23.6. The smallest absolute Gasteiger partial charge is 0.307 e. The van der Waals surface area contributed by atoms with Crippen molar-refractivity contribution in [1.29, 1.82) is 5.26 Å². The van der Waals surface area contributed by atoms with E-state index >= 15 is 0 Å². The maximum Gasteiger partial charge on any atom is 0.307 e. The molecule has 0 bridgehead atoms. The molecule has 46 heavy (non-hydrogen) atoms. The van der Waals surface area contributed by atoms with Crippen LogP contribution in [0, 0.1) is 11.3 Å². The number of nitriles is 1. The fraction of sp³-hybridized carbons (Fsp3) is 0.324. The highest BCUT2D eigenvalue weighted by atomic mass is 16.6. The summed E-state index contributed by atoms with van der Waals surface area (Å²) in [5.41, 5.74) is 4.09. The second-order valence-electron chi connectivity index (χ2n) is 12.7. The fourth-order valence-corrected chi connectivity index (χ4v) is 6.07. The van der Waals surface area contributed by atoms with Gasteiger partial charge in [-0.2, -0.15) is 5.26 Å². The van der Waals surface area contributed by atoms with Crippen LogP contribution in [-0.4, -0.2) is 51.6 Å². The van der Waals surface area contributed by atoms with Crippen LogP contribution in [0.25, 0.3) is 22.2 Å². The lowest BCUT2D eigenvalue weighted by Crippen LogP contribution is -2.44. The third kappa shape index (κ3) is 7.35. The average molecular weight is 619 g/mol. The molecule has 2 heterocycles. The summed E-state index contributed by atoms with van der Waals surface area (Å²) in [5.74, 6) is -1.73. The van der Waals surface area contributed by atoms with Crippen molar-refractivity contribution in [3.05, 3.63) is 89.5 Å². The van der Waals surface area contributed by atoms with Crippen LogP contribution in [0.4, 0.5) is 5.69 Å². The van der Waals surface area contributed by atoms with Crippen LogP contribution in [0.2, 0.25) is 0 Å². The van der Waals surface area contributed by atoms with E-state index in [2.05, 4.69) is 16.4 Å². The van der Waals surface area contributed by atoms with E-state index in [9.17, 15) is 24.4 Å². The lowest BCUT2D eigenvalue weighted by atomic mass is 9.93. The molecule has 1 fully saturated rings. The molecular formula is C37H38N4O5. The molecular weight excluding hydrogens is 580 g/mol. The minimum Gasteiger partial charge on any atom is -0.460 e. The van der Waals surface area contributed by atoms with Gasteiger partial charge in [-0.3, -0.25) is 19.2 Å². The number of carbonyl (C=O) groups is 4. The Morgan fingerprint density at radius 2 is 1.76 bits per heavy atom. The maximum atomic E-state index is 14.0. The summed E-state index contributed by atoms with van der Waals surface area (Å²) in [4.78, 5) is 56.9. The lowest BCUT2D eigenvalue weighted by molar-refractivity contribution is -0.157. The Labute approximate surface area is 268 Å². The maximum absolute atomic E-state index is 14.0. The monoisotopic (exact) mass is 618 g/mol. The van der Waals surface area contributed by atoms with Gasteiger partial charge in [0.15, 0.2) is 5.78 Å². The van der Waals surface area contributed by atoms with E-state index in [0.29, 0.717) is 47.3 Å². The van der Waals surface area contributed by atoms with Gasteiger partial charge < -0.3 is 19.9 Å². The molecule has 4 aromatic rings. The Morgan fingerprint density at radius 1 is 1.04 bits per heavy atom. The molecule has 2 N–H and O–H groups in total. The van der Waals surface area contributed by atoms with E-state index in [4.69, 9.17) is 4.74 Å². The van der Waals surface area contributed by atoms with E-state index in [1.165, 1.54) is 6.92 Å². The highest BCUT2D eigenvalue weighted by Gasteiger charge is 2.38. The van der Waals surface area contributed by atoms with E-state index in [1.807, 2.05) is 60.7 Å². The van der Waals surface area contributed by atoms with E-state index in [-0.39, 0.29) is 30.4 Å². The summed E-state index contributed by atoms with van der Waals surface area (Å²) in [6.07, 6.45) is 1.22. The zero-order chi connectivity index (χ0) is 33.0. The predicted molar refractivity (Wildman–Crippen MR) is 176 cm³/mol. The number of Topliss-reactive ketones (excluding diaryl/α,β-unsaturated/α-hetero) is 1. The number of ether oxygens (including phenoxy) is 1. The van der Waals surface area contributed by atoms with E-state index < -0.39 is 23.5 Å². The van der Waals surface area contributed by atoms with Crippen LogP contribution in [0.15, 0.2) is 72.8 Å². The minimum absolute atomic E-state index is 0.0860. The van der Waals surface area contributed by atoms with Crippen molar-refractivity contribution < 1.29 is 23.9 Å². The summed E-state index contributed by atoms with van der Waals surface area (Å²) >= 11 is 0. The van der Waals surface area contributed by atoms with Gasteiger partial charge in [-0.25, -0.2) is 0 Å². The number of H-pyrrole nitrogens is 1. The Kier molecular flexibility index (Phi) is 9.38. The predicted octanol–water partition coefficient (Wildman–Crippen LogP) is 6.28. The van der Waals surface area contributed by atoms with Crippen LogP contribution in [0.5, 0.6) is 0 Å². The normalized spacial score (nSPS) is 15.3. The van der Waals surface area contributed by atoms with Crippen molar-refractivity contribution in [2.24, 2.45) is 0 Å². The van der Waals surface area contributed by atoms with Crippen LogP contribution in [0.1, 0.15) is 69.6 Å². The first-order valence-corrected chi connectivity index (χ1v) is 15.5. The standard InChI is InChI=1S/C37H38N4O5/c1-23(42)39-27-15-13-26(14-16-27)35-30(22-38)29-19-24(12-17-31(29)40-35)20-33(43)32-11-8-18-41(32)36(45)28(25-9-6-5-7-10-25)21-34(44)46-37(2,3)4/h5-7,9-10,12-17,19,28,32,40H,8,11,18,20-21H2,1-4H3,(H,39,42)/t28-,32+/m1/s1. The zero-order valence-electron chi connectivity index (χ0n) is 26.6. The SMILES string of the molecule is CC(=O)Nc1ccc(-c2[nH]c3ccc(CC(=O)[C@@H]4CCCN4C(=O)[C@H](CC(=O)OC(C)(C)C)c4ccccc4)cc3c2C#N)cc1. The number of hydrogen-bond donors (Lipinski definition) is 2. The van der Waals surface area contributed by atoms with Crippen molar-refractivity contribution in [2.45, 2.75) is 70.9 Å². The van der Waals surface area contributed by atoms with Gasteiger partial charge in [0.05, 0.1) is 29.6 Å². The second-order valence-corrected chi connectivity index (χ2v) is 12.7. The molecule has 2 atom stereocenters.